The summed E-state index contributed by atoms with van der Waals surface area (Å²) < 4.78 is 61.0. The van der Waals surface area contributed by atoms with Crippen molar-refractivity contribution in [2.24, 2.45) is 0 Å². The van der Waals surface area contributed by atoms with Crippen LogP contribution < -0.4 is 17.0 Å². The summed E-state index contributed by atoms with van der Waals surface area (Å²) in [6, 6.07) is 0. The number of imidazole rings is 2. The smallest absolute Gasteiger partial charge is 0.387 e. The molecule has 7 rings (SSSR count). The molecule has 0 aliphatic carbocycles. The summed E-state index contributed by atoms with van der Waals surface area (Å²) in [7, 11) is -10.2. The van der Waals surface area contributed by atoms with Crippen LogP contribution >= 0.6 is 15.6 Å². The summed E-state index contributed by atoms with van der Waals surface area (Å²) in [6.45, 7) is -1.65. The minimum atomic E-state index is -5.11. The number of hydrogen-bond donors (Lipinski definition) is 7. The molecule has 3 aliphatic rings. The van der Waals surface area contributed by atoms with Crippen LogP contribution in [0.1, 0.15) is 12.5 Å². The number of nitrogens with one attached hydrogen (secondary N) is 1. The number of nitrogens with zero attached hydrogens (tertiary/aromatic N) is 7. The molecular weight excluding hydrogens is 673 g/mol. The van der Waals surface area contributed by atoms with Gasteiger partial charge in [0.2, 0.25) is 5.95 Å². The maximum absolute atomic E-state index is 13.2. The van der Waals surface area contributed by atoms with E-state index in [1.807, 2.05) is 0 Å². The minimum absolute atomic E-state index is 0. The minimum Gasteiger partial charge on any atom is -0.387 e. The van der Waals surface area contributed by atoms with Crippen LogP contribution in [-0.4, -0.2) is 138 Å². The first-order chi connectivity index (χ1) is 21.3. The van der Waals surface area contributed by atoms with Gasteiger partial charge in [-0.15, -0.1) is 0 Å². The number of aliphatic hydroxyl groups is 2. The largest absolute Gasteiger partial charge is 0.472 e. The number of aromatic nitrogens is 8. The number of phosphoric acid groups is 2. The third-order valence-electron chi connectivity index (χ3n) is 7.32. The van der Waals surface area contributed by atoms with E-state index >= 15 is 0 Å². The maximum atomic E-state index is 13.2. The second-order valence-corrected chi connectivity index (χ2v) is 13.0. The molecule has 1 radical (unpaired) electrons. The molecule has 23 nitrogen and oxygen atoms in total. The van der Waals surface area contributed by atoms with Crippen molar-refractivity contribution in [3.63, 3.8) is 0 Å². The van der Waals surface area contributed by atoms with E-state index in [1.54, 1.807) is 0 Å². The fourth-order valence-electron chi connectivity index (χ4n) is 5.30. The normalized spacial score (nSPS) is 36.9. The van der Waals surface area contributed by atoms with Gasteiger partial charge in [0, 0.05) is 29.6 Å². The number of nitrogens with two attached hydrogens (primary N) is 2. The van der Waals surface area contributed by atoms with Crippen LogP contribution in [0.3, 0.4) is 0 Å². The molecule has 10 atom stereocenters. The number of anilines is 2. The fraction of sp³-hybridized carbons (Fsp3) is 0.500. The Bertz CT molecular complexity index is 1940. The fourth-order valence-corrected chi connectivity index (χ4v) is 7.19. The zero-order valence-corrected chi connectivity index (χ0v) is 27.2. The zero-order valence-electron chi connectivity index (χ0n) is 23.4. The van der Waals surface area contributed by atoms with Crippen LogP contribution in [0.4, 0.5) is 11.8 Å². The Morgan fingerprint density at radius 1 is 0.826 bits per heavy atom. The molecule has 0 amide bonds. The number of aliphatic hydroxyl groups excluding tert-OH is 2. The van der Waals surface area contributed by atoms with Crippen molar-refractivity contribution in [3.05, 3.63) is 29.3 Å². The van der Waals surface area contributed by atoms with Gasteiger partial charge in [-0.2, -0.15) is 4.98 Å². The molecular formula is C20H24N10NaO13P2. The van der Waals surface area contributed by atoms with E-state index < -0.39 is 83.5 Å². The van der Waals surface area contributed by atoms with Crippen LogP contribution in [0, 0.1) is 0 Å². The molecule has 46 heavy (non-hydrogen) atoms. The first-order valence-electron chi connectivity index (χ1n) is 13.0. The van der Waals surface area contributed by atoms with E-state index in [4.69, 9.17) is 39.0 Å². The summed E-state index contributed by atoms with van der Waals surface area (Å²) in [5.41, 5.74) is 10.8. The predicted molar refractivity (Wildman–Crippen MR) is 149 cm³/mol. The van der Waals surface area contributed by atoms with Crippen molar-refractivity contribution in [2.45, 2.75) is 49.1 Å². The van der Waals surface area contributed by atoms with Gasteiger partial charge in [-0.05, 0) is 0 Å². The van der Waals surface area contributed by atoms with Crippen LogP contribution in [0.5, 0.6) is 0 Å². The van der Waals surface area contributed by atoms with E-state index in [-0.39, 0.29) is 63.7 Å². The van der Waals surface area contributed by atoms with E-state index in [0.29, 0.717) is 0 Å². The van der Waals surface area contributed by atoms with Gasteiger partial charge in [-0.25, -0.2) is 29.1 Å². The van der Waals surface area contributed by atoms with Crippen molar-refractivity contribution < 1.29 is 56.7 Å². The van der Waals surface area contributed by atoms with Crippen LogP contribution in [-0.2, 0) is 36.7 Å². The molecule has 7 heterocycles. The van der Waals surface area contributed by atoms with Crippen molar-refractivity contribution >= 4 is 79.3 Å². The van der Waals surface area contributed by atoms with E-state index in [2.05, 4.69) is 29.9 Å². The van der Waals surface area contributed by atoms with E-state index in [1.165, 1.54) is 10.9 Å². The third kappa shape index (κ3) is 5.91. The van der Waals surface area contributed by atoms with Crippen molar-refractivity contribution in [2.75, 3.05) is 24.7 Å². The molecule has 26 heteroatoms. The number of phosphoric ester groups is 2. The molecule has 3 saturated heterocycles. The van der Waals surface area contributed by atoms with Gasteiger partial charge in [0.25, 0.3) is 5.56 Å². The Morgan fingerprint density at radius 3 is 2.15 bits per heavy atom. The summed E-state index contributed by atoms with van der Waals surface area (Å²) in [6.07, 6.45) is -9.21. The molecule has 243 valence electrons. The second kappa shape index (κ2) is 12.2. The van der Waals surface area contributed by atoms with E-state index in [0.717, 1.165) is 17.2 Å². The van der Waals surface area contributed by atoms with Gasteiger partial charge < -0.3 is 40.9 Å². The molecule has 0 spiro atoms. The average Bonchev–Trinajstić information content (AvgIpc) is 3.72. The summed E-state index contributed by atoms with van der Waals surface area (Å²) >= 11 is 0. The van der Waals surface area contributed by atoms with Crippen molar-refractivity contribution in [1.82, 2.24) is 39.0 Å². The third-order valence-corrected chi connectivity index (χ3v) is 9.29. The Morgan fingerprint density at radius 2 is 1.43 bits per heavy atom. The topological polar surface area (TPSA) is 330 Å². The SMILES string of the molecule is Nc1nc2c(ncn2[C@@H]2O[C@H]3COP(=O)(O)O[C@H]4[C@@H](O)[C@H](n5cnc6c(N)ncnc65)O[C@@H]4COP(=O)(O)O[C@@H]2[C@@H]3O)c(=O)[nH]1.[Na]. The number of nitrogen functional groups attached to an aromatic ring is 2. The zero-order chi connectivity index (χ0) is 31.8. The standard InChI is InChI=1S/C20H24N10O13P2.Na/c21-14-8-15(24-3-23-14)29(4-25-8)18-11(32)12-7(41-18)2-39-45(36,37)43-13-10(31)6(1-38-44(34,35)42-12)40-19(13)30-5-26-9-16(30)27-20(22)28-17(9)33;/h3-7,10-13,18-19,31-32H,1-2H2,(H,34,35)(H,36,37)(H2,21,23,24)(H3,22,27,28,33);/t6-,7+,10+,11+,12+,13+,18+,19+;/m0./s1. The Balaban J connectivity index is 0.00000372. The Labute approximate surface area is 277 Å². The van der Waals surface area contributed by atoms with Crippen molar-refractivity contribution in [1.29, 1.82) is 0 Å². The molecule has 3 fully saturated rings. The number of aromatic amines is 1. The van der Waals surface area contributed by atoms with Gasteiger partial charge in [-0.1, -0.05) is 0 Å². The van der Waals surface area contributed by atoms with Crippen molar-refractivity contribution in [3.8, 4) is 0 Å². The molecule has 2 unspecified atom stereocenters. The first kappa shape index (κ1) is 33.5. The average molecular weight is 697 g/mol. The quantitative estimate of drug-likeness (QED) is 0.0826. The number of H-pyrrole nitrogens is 1. The van der Waals surface area contributed by atoms with Crippen LogP contribution in [0.25, 0.3) is 22.3 Å². The number of rotatable bonds is 2. The van der Waals surface area contributed by atoms with Gasteiger partial charge >= 0.3 is 15.6 Å². The summed E-state index contributed by atoms with van der Waals surface area (Å²) in [5.74, 6) is -0.250. The molecule has 0 aromatic carbocycles. The summed E-state index contributed by atoms with van der Waals surface area (Å²) in [4.78, 5) is 55.8. The van der Waals surface area contributed by atoms with Gasteiger partial charge in [-0.3, -0.25) is 37.0 Å². The van der Waals surface area contributed by atoms with Crippen LogP contribution in [0.15, 0.2) is 23.8 Å². The Kier molecular flexibility index (Phi) is 8.89. The molecule has 4 aromatic heterocycles. The number of ether oxygens (including phenoxy) is 2. The first-order valence-corrected chi connectivity index (χ1v) is 15.9. The molecule has 3 aliphatic heterocycles. The second-order valence-electron chi connectivity index (χ2n) is 10.1. The number of hydrogen-bond acceptors (Lipinski definition) is 18. The molecule has 4 aromatic rings. The van der Waals surface area contributed by atoms with E-state index in [9.17, 15) is 33.9 Å². The molecule has 2 bridgehead atoms. The van der Waals surface area contributed by atoms with Gasteiger partial charge in [0.1, 0.15) is 48.5 Å². The monoisotopic (exact) mass is 697 g/mol. The summed E-state index contributed by atoms with van der Waals surface area (Å²) in [5, 5.41) is 22.1. The van der Waals surface area contributed by atoms with Gasteiger partial charge in [0.05, 0.1) is 25.9 Å². The van der Waals surface area contributed by atoms with Gasteiger partial charge in [0.15, 0.2) is 35.1 Å². The predicted octanol–water partition coefficient (Wildman–Crippen LogP) is -2.72. The molecule has 0 saturated carbocycles. The maximum Gasteiger partial charge on any atom is 0.472 e. The number of fused-ring (bicyclic) bond motifs is 5. The Hall–Kier alpha value is -2.44. The molecule has 9 N–H and O–H groups in total. The van der Waals surface area contributed by atoms with Crippen LogP contribution in [0.2, 0.25) is 0 Å².